The molecule has 0 bridgehead atoms. The molecule has 0 radical (unpaired) electrons. The molecule has 1 atom stereocenters. The summed E-state index contributed by atoms with van der Waals surface area (Å²) in [5.74, 6) is -0.230. The second-order valence-corrected chi connectivity index (χ2v) is 6.20. The van der Waals surface area contributed by atoms with Crippen LogP contribution in [0.2, 0.25) is 0 Å². The number of pyridine rings is 1. The maximum Gasteiger partial charge on any atom is 0.276 e. The van der Waals surface area contributed by atoms with E-state index in [0.29, 0.717) is 11.2 Å². The van der Waals surface area contributed by atoms with Gasteiger partial charge in [-0.1, -0.05) is 30.3 Å². The summed E-state index contributed by atoms with van der Waals surface area (Å²) in [6.07, 6.45) is 3.45. The minimum Gasteiger partial charge on any atom is -0.348 e. The molecule has 3 heterocycles. The Morgan fingerprint density at radius 2 is 1.85 bits per heavy atom. The van der Waals surface area contributed by atoms with Crippen molar-refractivity contribution in [2.24, 2.45) is 0 Å². The molecule has 1 aromatic carbocycles. The quantitative estimate of drug-likeness (QED) is 0.617. The van der Waals surface area contributed by atoms with Crippen molar-refractivity contribution in [2.45, 2.75) is 19.5 Å². The number of amides is 1. The van der Waals surface area contributed by atoms with E-state index < -0.39 is 0 Å². The Kier molecular flexibility index (Phi) is 4.01. The molecule has 0 unspecified atom stereocenters. The van der Waals surface area contributed by atoms with Gasteiger partial charge in [-0.25, -0.2) is 4.98 Å². The molecule has 4 aromatic rings. The van der Waals surface area contributed by atoms with Gasteiger partial charge in [0.1, 0.15) is 12.1 Å². The summed E-state index contributed by atoms with van der Waals surface area (Å²) in [6.45, 7) is 1.84. The number of nitrogens with one attached hydrogen (secondary N) is 1. The number of carbonyl (C=O) groups is 1. The molecule has 0 saturated heterocycles. The van der Waals surface area contributed by atoms with Crippen LogP contribution in [-0.2, 0) is 11.3 Å². The zero-order valence-corrected chi connectivity index (χ0v) is 14.3. The van der Waals surface area contributed by atoms with E-state index >= 15 is 0 Å². The molecule has 4 rings (SSSR count). The van der Waals surface area contributed by atoms with Crippen LogP contribution in [0.25, 0.3) is 16.7 Å². The average Bonchev–Trinajstić information content (AvgIpc) is 3.16. The Labute approximate surface area is 149 Å². The molecule has 3 aromatic heterocycles. The highest BCUT2D eigenvalue weighted by molar-refractivity contribution is 5.80. The third kappa shape index (κ3) is 2.75. The van der Waals surface area contributed by atoms with Gasteiger partial charge in [-0.3, -0.25) is 14.2 Å². The SMILES string of the molecule is C[C@@H](NC(=O)Cn1c(=O)c2cccn2c2cccnc21)c1ccccc1. The molecule has 6 heteroatoms. The van der Waals surface area contributed by atoms with Crippen LogP contribution in [0.3, 0.4) is 0 Å². The Morgan fingerprint density at radius 1 is 1.08 bits per heavy atom. The number of rotatable bonds is 4. The van der Waals surface area contributed by atoms with Crippen molar-refractivity contribution in [3.63, 3.8) is 0 Å². The minimum atomic E-state index is -0.233. The van der Waals surface area contributed by atoms with Crippen LogP contribution in [0.15, 0.2) is 71.8 Å². The lowest BCUT2D eigenvalue weighted by molar-refractivity contribution is -0.122. The largest absolute Gasteiger partial charge is 0.348 e. The van der Waals surface area contributed by atoms with Gasteiger partial charge in [-0.05, 0) is 36.8 Å². The van der Waals surface area contributed by atoms with Gasteiger partial charge in [0.15, 0.2) is 5.65 Å². The molecule has 0 aliphatic carbocycles. The number of nitrogens with zero attached hydrogens (tertiary/aromatic N) is 3. The van der Waals surface area contributed by atoms with Crippen molar-refractivity contribution < 1.29 is 4.79 Å². The molecule has 0 spiro atoms. The van der Waals surface area contributed by atoms with Crippen molar-refractivity contribution in [3.05, 3.63) is 82.9 Å². The molecule has 1 N–H and O–H groups in total. The van der Waals surface area contributed by atoms with Crippen molar-refractivity contribution in [2.75, 3.05) is 0 Å². The van der Waals surface area contributed by atoms with Crippen LogP contribution in [0.5, 0.6) is 0 Å². The normalized spacial score (nSPS) is 12.3. The summed E-state index contributed by atoms with van der Waals surface area (Å²) in [5.41, 5.74) is 2.58. The summed E-state index contributed by atoms with van der Waals surface area (Å²) >= 11 is 0. The molecule has 0 aliphatic heterocycles. The van der Waals surface area contributed by atoms with Gasteiger partial charge >= 0.3 is 0 Å². The second-order valence-electron chi connectivity index (χ2n) is 6.20. The monoisotopic (exact) mass is 346 g/mol. The van der Waals surface area contributed by atoms with Gasteiger partial charge in [-0.15, -0.1) is 0 Å². The maximum absolute atomic E-state index is 12.8. The molecule has 26 heavy (non-hydrogen) atoms. The lowest BCUT2D eigenvalue weighted by Crippen LogP contribution is -2.34. The first-order valence-corrected chi connectivity index (χ1v) is 8.44. The summed E-state index contributed by atoms with van der Waals surface area (Å²) in [7, 11) is 0. The number of benzene rings is 1. The van der Waals surface area contributed by atoms with Crippen LogP contribution < -0.4 is 10.9 Å². The van der Waals surface area contributed by atoms with E-state index in [9.17, 15) is 9.59 Å². The van der Waals surface area contributed by atoms with Crippen molar-refractivity contribution in [1.82, 2.24) is 19.3 Å². The number of fused-ring (bicyclic) bond motifs is 3. The Bertz CT molecular complexity index is 1140. The standard InChI is InChI=1S/C20H18N4O2/c1-14(15-7-3-2-4-8-15)22-18(25)13-24-19-16(9-5-11-21-19)23-12-6-10-17(23)20(24)26/h2-12,14H,13H2,1H3,(H,22,25)/t14-/m1/s1. The summed E-state index contributed by atoms with van der Waals surface area (Å²) < 4.78 is 3.23. The van der Waals surface area contributed by atoms with Crippen LogP contribution in [0.4, 0.5) is 0 Å². The fourth-order valence-corrected chi connectivity index (χ4v) is 3.19. The molecular weight excluding hydrogens is 328 g/mol. The van der Waals surface area contributed by atoms with Crippen molar-refractivity contribution >= 4 is 22.6 Å². The van der Waals surface area contributed by atoms with E-state index in [2.05, 4.69) is 10.3 Å². The number of aromatic nitrogens is 3. The van der Waals surface area contributed by atoms with Gasteiger partial charge in [0.05, 0.1) is 11.6 Å². The molecule has 0 fully saturated rings. The van der Waals surface area contributed by atoms with E-state index in [1.807, 2.05) is 61.7 Å². The van der Waals surface area contributed by atoms with Gasteiger partial charge in [0.2, 0.25) is 5.91 Å². The topological polar surface area (TPSA) is 68.4 Å². The van der Waals surface area contributed by atoms with Crippen molar-refractivity contribution in [1.29, 1.82) is 0 Å². The number of hydrogen-bond donors (Lipinski definition) is 1. The first kappa shape index (κ1) is 16.1. The summed E-state index contributed by atoms with van der Waals surface area (Å²) in [4.78, 5) is 29.7. The highest BCUT2D eigenvalue weighted by Gasteiger charge is 2.15. The summed E-state index contributed by atoms with van der Waals surface area (Å²) in [6, 6.07) is 16.8. The fourth-order valence-electron chi connectivity index (χ4n) is 3.19. The predicted molar refractivity (Wildman–Crippen MR) is 100.0 cm³/mol. The number of carbonyl (C=O) groups excluding carboxylic acids is 1. The zero-order valence-electron chi connectivity index (χ0n) is 14.3. The second kappa shape index (κ2) is 6.48. The van der Waals surface area contributed by atoms with E-state index in [1.165, 1.54) is 4.57 Å². The van der Waals surface area contributed by atoms with Crippen LogP contribution in [0.1, 0.15) is 18.5 Å². The van der Waals surface area contributed by atoms with Gasteiger partial charge in [-0.2, -0.15) is 0 Å². The molecule has 0 saturated carbocycles. The van der Waals surface area contributed by atoms with Crippen LogP contribution in [0, 0.1) is 0 Å². The lowest BCUT2D eigenvalue weighted by Gasteiger charge is -2.16. The Hall–Kier alpha value is -3.41. The van der Waals surface area contributed by atoms with Gasteiger partial charge < -0.3 is 9.72 Å². The van der Waals surface area contributed by atoms with Crippen LogP contribution >= 0.6 is 0 Å². The van der Waals surface area contributed by atoms with Crippen molar-refractivity contribution in [3.8, 4) is 0 Å². The number of hydrogen-bond acceptors (Lipinski definition) is 3. The Balaban J connectivity index is 1.69. The van der Waals surface area contributed by atoms with Crippen LogP contribution in [-0.4, -0.2) is 19.9 Å². The first-order valence-electron chi connectivity index (χ1n) is 8.44. The van der Waals surface area contributed by atoms with E-state index in [4.69, 9.17) is 0 Å². The smallest absolute Gasteiger partial charge is 0.276 e. The third-order valence-corrected chi connectivity index (χ3v) is 4.47. The highest BCUT2D eigenvalue weighted by atomic mass is 16.2. The average molecular weight is 346 g/mol. The Morgan fingerprint density at radius 3 is 2.65 bits per heavy atom. The van der Waals surface area contributed by atoms with E-state index in [1.54, 1.807) is 16.7 Å². The molecule has 1 amide bonds. The first-order chi connectivity index (χ1) is 12.6. The van der Waals surface area contributed by atoms with Gasteiger partial charge in [0, 0.05) is 12.4 Å². The molecule has 6 nitrogen and oxygen atoms in total. The van der Waals surface area contributed by atoms with E-state index in [0.717, 1.165) is 11.1 Å². The highest BCUT2D eigenvalue weighted by Crippen LogP contribution is 2.14. The lowest BCUT2D eigenvalue weighted by atomic mass is 10.1. The maximum atomic E-state index is 12.8. The minimum absolute atomic E-state index is 0.0782. The predicted octanol–water partition coefficient (Wildman–Crippen LogP) is 2.53. The molecular formula is C20H18N4O2. The molecule has 130 valence electrons. The van der Waals surface area contributed by atoms with Gasteiger partial charge in [0.25, 0.3) is 5.56 Å². The third-order valence-electron chi connectivity index (χ3n) is 4.47. The molecule has 0 aliphatic rings. The van der Waals surface area contributed by atoms with E-state index in [-0.39, 0.29) is 24.1 Å². The zero-order chi connectivity index (χ0) is 18.1. The summed E-state index contributed by atoms with van der Waals surface area (Å²) in [5, 5.41) is 2.95. The fraction of sp³-hybridized carbons (Fsp3) is 0.150.